The van der Waals surface area contributed by atoms with Gasteiger partial charge in [0.2, 0.25) is 0 Å². The number of hydrogen-bond acceptors (Lipinski definition) is 3. The van der Waals surface area contributed by atoms with E-state index in [4.69, 9.17) is 5.11 Å². The summed E-state index contributed by atoms with van der Waals surface area (Å²) in [4.78, 5) is 35.3. The lowest BCUT2D eigenvalue weighted by Gasteiger charge is -2.12. The Hall–Kier alpha value is -3.15. The molecule has 0 aliphatic carbocycles. The van der Waals surface area contributed by atoms with Gasteiger partial charge in [0.1, 0.15) is 0 Å². The number of fused-ring (bicyclic) bond motifs is 1. The highest BCUT2D eigenvalue weighted by molar-refractivity contribution is 5.87. The van der Waals surface area contributed by atoms with Gasteiger partial charge in [0.15, 0.2) is 0 Å². The molecule has 0 aliphatic rings. The second-order valence-corrected chi connectivity index (χ2v) is 5.25. The Morgan fingerprint density at radius 1 is 0.957 bits per heavy atom. The molecule has 6 nitrogen and oxygen atoms in total. The number of benzene rings is 2. The molecule has 0 radical (unpaired) electrons. The fourth-order valence-corrected chi connectivity index (χ4v) is 2.55. The number of carboxylic acids is 1. The Bertz CT molecular complexity index is 1010. The van der Waals surface area contributed by atoms with Crippen molar-refractivity contribution in [3.8, 4) is 0 Å². The maximum absolute atomic E-state index is 12.3. The van der Waals surface area contributed by atoms with Crippen LogP contribution in [0.5, 0.6) is 0 Å². The lowest BCUT2D eigenvalue weighted by atomic mass is 10.1. The molecule has 6 heteroatoms. The quantitative estimate of drug-likeness (QED) is 0.742. The predicted molar refractivity (Wildman–Crippen MR) is 86.0 cm³/mol. The first kappa shape index (κ1) is 14.8. The first-order valence-corrected chi connectivity index (χ1v) is 7.00. The van der Waals surface area contributed by atoms with Crippen LogP contribution in [0.1, 0.15) is 15.9 Å². The summed E-state index contributed by atoms with van der Waals surface area (Å²) in [6.45, 7) is 0.204. The van der Waals surface area contributed by atoms with Gasteiger partial charge in [-0.05, 0) is 29.8 Å². The maximum atomic E-state index is 12.3. The minimum Gasteiger partial charge on any atom is -0.478 e. The van der Waals surface area contributed by atoms with Crippen LogP contribution in [0.4, 0.5) is 0 Å². The van der Waals surface area contributed by atoms with Gasteiger partial charge in [-0.25, -0.2) is 4.79 Å². The molecule has 0 unspecified atom stereocenters. The topological polar surface area (TPSA) is 81.3 Å². The molecule has 3 rings (SSSR count). The summed E-state index contributed by atoms with van der Waals surface area (Å²) in [5.41, 5.74) is 1.05. The third-order valence-electron chi connectivity index (χ3n) is 3.81. The number of carbonyl (C=O) groups is 1. The van der Waals surface area contributed by atoms with Crippen molar-refractivity contribution >= 4 is 17.0 Å². The van der Waals surface area contributed by atoms with E-state index >= 15 is 0 Å². The SMILES string of the molecule is Cn1c(=O)c(=O)n(Cc2ccc(C(=O)O)cc2)c2ccccc21. The van der Waals surface area contributed by atoms with Crippen LogP contribution in [0.2, 0.25) is 0 Å². The third kappa shape index (κ3) is 2.55. The lowest BCUT2D eigenvalue weighted by Crippen LogP contribution is -2.40. The smallest absolute Gasteiger partial charge is 0.335 e. The lowest BCUT2D eigenvalue weighted by molar-refractivity contribution is 0.0697. The zero-order valence-corrected chi connectivity index (χ0v) is 12.4. The van der Waals surface area contributed by atoms with Gasteiger partial charge in [0, 0.05) is 7.05 Å². The van der Waals surface area contributed by atoms with Gasteiger partial charge in [-0.2, -0.15) is 0 Å². The summed E-state index contributed by atoms with van der Waals surface area (Å²) in [5.74, 6) is -1.01. The molecular formula is C17H14N2O4. The Morgan fingerprint density at radius 3 is 2.17 bits per heavy atom. The molecule has 0 spiro atoms. The monoisotopic (exact) mass is 310 g/mol. The van der Waals surface area contributed by atoms with Gasteiger partial charge in [-0.1, -0.05) is 24.3 Å². The van der Waals surface area contributed by atoms with E-state index in [1.165, 1.54) is 21.3 Å². The summed E-state index contributed by atoms with van der Waals surface area (Å²) >= 11 is 0. The van der Waals surface area contributed by atoms with Crippen molar-refractivity contribution in [2.75, 3.05) is 0 Å². The zero-order valence-electron chi connectivity index (χ0n) is 12.4. The largest absolute Gasteiger partial charge is 0.478 e. The average Bonchev–Trinajstić information content (AvgIpc) is 2.57. The van der Waals surface area contributed by atoms with E-state index in [-0.39, 0.29) is 12.1 Å². The molecule has 0 amide bonds. The van der Waals surface area contributed by atoms with E-state index in [0.29, 0.717) is 11.0 Å². The van der Waals surface area contributed by atoms with E-state index in [0.717, 1.165) is 5.56 Å². The highest BCUT2D eigenvalue weighted by Gasteiger charge is 2.11. The number of aryl methyl sites for hydroxylation is 1. The summed E-state index contributed by atoms with van der Waals surface area (Å²) in [6, 6.07) is 13.4. The van der Waals surface area contributed by atoms with Crippen molar-refractivity contribution in [3.63, 3.8) is 0 Å². The van der Waals surface area contributed by atoms with Gasteiger partial charge >= 0.3 is 17.1 Å². The molecule has 2 aromatic carbocycles. The van der Waals surface area contributed by atoms with Gasteiger partial charge in [-0.15, -0.1) is 0 Å². The Labute approximate surface area is 130 Å². The normalized spacial score (nSPS) is 10.8. The Kier molecular flexibility index (Phi) is 3.57. The molecule has 1 aromatic heterocycles. The standard InChI is InChI=1S/C17H14N2O4/c1-18-13-4-2-3-5-14(13)19(16(21)15(18)20)10-11-6-8-12(9-7-11)17(22)23/h2-9H,10H2,1H3,(H,22,23). The van der Waals surface area contributed by atoms with Crippen LogP contribution in [-0.2, 0) is 13.6 Å². The van der Waals surface area contributed by atoms with Gasteiger partial charge < -0.3 is 9.67 Å². The van der Waals surface area contributed by atoms with Gasteiger partial charge in [0.05, 0.1) is 23.1 Å². The van der Waals surface area contributed by atoms with Crippen LogP contribution < -0.4 is 11.1 Å². The third-order valence-corrected chi connectivity index (χ3v) is 3.81. The van der Waals surface area contributed by atoms with Gasteiger partial charge in [-0.3, -0.25) is 14.2 Å². The van der Waals surface area contributed by atoms with Crippen molar-refractivity contribution in [3.05, 3.63) is 80.4 Å². The summed E-state index contributed by atoms with van der Waals surface area (Å²) in [6.07, 6.45) is 0. The Balaban J connectivity index is 2.15. The van der Waals surface area contributed by atoms with Crippen LogP contribution in [0.25, 0.3) is 11.0 Å². The molecule has 23 heavy (non-hydrogen) atoms. The molecule has 0 aliphatic heterocycles. The number of nitrogens with zero attached hydrogens (tertiary/aromatic N) is 2. The molecule has 116 valence electrons. The minimum absolute atomic E-state index is 0.176. The van der Waals surface area contributed by atoms with E-state index in [2.05, 4.69) is 0 Å². The second kappa shape index (κ2) is 5.57. The van der Waals surface area contributed by atoms with E-state index in [1.54, 1.807) is 43.4 Å². The molecule has 0 fully saturated rings. The Morgan fingerprint density at radius 2 is 1.57 bits per heavy atom. The number of para-hydroxylation sites is 2. The van der Waals surface area contributed by atoms with Crippen LogP contribution >= 0.6 is 0 Å². The number of carboxylic acid groups (broad SMARTS) is 1. The maximum Gasteiger partial charge on any atom is 0.335 e. The van der Waals surface area contributed by atoms with Crippen LogP contribution in [0.3, 0.4) is 0 Å². The highest BCUT2D eigenvalue weighted by Crippen LogP contribution is 2.12. The molecule has 0 saturated carbocycles. The number of hydrogen-bond donors (Lipinski definition) is 1. The first-order chi connectivity index (χ1) is 11.0. The van der Waals surface area contributed by atoms with Crippen molar-refractivity contribution < 1.29 is 9.90 Å². The minimum atomic E-state index is -1.01. The second-order valence-electron chi connectivity index (χ2n) is 5.25. The van der Waals surface area contributed by atoms with Crippen molar-refractivity contribution in [1.82, 2.24) is 9.13 Å². The molecule has 0 bridgehead atoms. The number of rotatable bonds is 3. The van der Waals surface area contributed by atoms with Crippen LogP contribution in [0, 0.1) is 0 Å². The molecule has 0 atom stereocenters. The summed E-state index contributed by atoms with van der Waals surface area (Å²) < 4.78 is 2.75. The molecule has 3 aromatic rings. The zero-order chi connectivity index (χ0) is 16.6. The first-order valence-electron chi connectivity index (χ1n) is 7.00. The fourth-order valence-electron chi connectivity index (χ4n) is 2.55. The van der Waals surface area contributed by atoms with E-state index in [1.807, 2.05) is 0 Å². The molecule has 0 saturated heterocycles. The predicted octanol–water partition coefficient (Wildman–Crippen LogP) is 1.45. The van der Waals surface area contributed by atoms with Crippen LogP contribution in [-0.4, -0.2) is 20.2 Å². The van der Waals surface area contributed by atoms with E-state index < -0.39 is 17.1 Å². The number of aromatic carboxylic acids is 1. The molecular weight excluding hydrogens is 296 g/mol. The van der Waals surface area contributed by atoms with Crippen molar-refractivity contribution in [2.24, 2.45) is 7.05 Å². The number of aromatic nitrogens is 2. The van der Waals surface area contributed by atoms with E-state index in [9.17, 15) is 14.4 Å². The molecule has 1 N–H and O–H groups in total. The summed E-state index contributed by atoms with van der Waals surface area (Å²) in [5, 5.41) is 8.92. The van der Waals surface area contributed by atoms with Crippen molar-refractivity contribution in [2.45, 2.75) is 6.54 Å². The van der Waals surface area contributed by atoms with Crippen LogP contribution in [0.15, 0.2) is 58.1 Å². The average molecular weight is 310 g/mol. The fraction of sp³-hybridized carbons (Fsp3) is 0.118. The highest BCUT2D eigenvalue weighted by atomic mass is 16.4. The molecule has 1 heterocycles. The summed E-state index contributed by atoms with van der Waals surface area (Å²) in [7, 11) is 1.57. The van der Waals surface area contributed by atoms with Gasteiger partial charge in [0.25, 0.3) is 0 Å². The van der Waals surface area contributed by atoms with Crippen molar-refractivity contribution in [1.29, 1.82) is 0 Å².